The number of carbonyl (C=O) groups is 2. The smallest absolute Gasteiger partial charge is 0.308 e. The molecule has 7 nitrogen and oxygen atoms in total. The fourth-order valence-electron chi connectivity index (χ4n) is 3.20. The van der Waals surface area contributed by atoms with Gasteiger partial charge in [-0.05, 0) is 36.8 Å². The van der Waals surface area contributed by atoms with E-state index in [1.807, 2.05) is 55.5 Å². The molecule has 7 heteroatoms. The summed E-state index contributed by atoms with van der Waals surface area (Å²) in [5.74, 6) is 0.359. The predicted molar refractivity (Wildman–Crippen MR) is 106 cm³/mol. The molecule has 1 aliphatic rings. The van der Waals surface area contributed by atoms with Gasteiger partial charge in [-0.15, -0.1) is 0 Å². The molecule has 1 fully saturated rings. The zero-order valence-electron chi connectivity index (χ0n) is 16.4. The Balaban J connectivity index is 1.49. The maximum absolute atomic E-state index is 12.0. The van der Waals surface area contributed by atoms with Gasteiger partial charge in [0.05, 0.1) is 12.5 Å². The van der Waals surface area contributed by atoms with Gasteiger partial charge in [-0.2, -0.15) is 0 Å². The van der Waals surface area contributed by atoms with Crippen LogP contribution in [0.25, 0.3) is 0 Å². The molecule has 0 aliphatic carbocycles. The van der Waals surface area contributed by atoms with E-state index in [0.717, 1.165) is 5.56 Å². The second kappa shape index (κ2) is 9.82. The summed E-state index contributed by atoms with van der Waals surface area (Å²) in [6.07, 6.45) is 0.0616. The summed E-state index contributed by atoms with van der Waals surface area (Å²) in [6.45, 7) is 3.82. The first-order valence-electron chi connectivity index (χ1n) is 9.63. The molecule has 3 rings (SSSR count). The Hall–Kier alpha value is -3.22. The average molecular weight is 399 g/mol. The average Bonchev–Trinajstić information content (AvgIpc) is 3.08. The van der Waals surface area contributed by atoms with Crippen LogP contribution in [0.5, 0.6) is 17.2 Å². The lowest BCUT2D eigenvalue weighted by molar-refractivity contribution is -0.141. The van der Waals surface area contributed by atoms with Crippen LogP contribution >= 0.6 is 0 Å². The zero-order valence-corrected chi connectivity index (χ0v) is 16.4. The van der Waals surface area contributed by atoms with Crippen LogP contribution < -0.4 is 14.2 Å². The number of rotatable bonds is 10. The summed E-state index contributed by atoms with van der Waals surface area (Å²) in [5, 5.41) is 9.09. The number of carboxylic acid groups (broad SMARTS) is 1. The molecular weight excluding hydrogens is 374 g/mol. The first-order chi connectivity index (χ1) is 14.1. The molecule has 1 atom stereocenters. The van der Waals surface area contributed by atoms with Gasteiger partial charge in [0.2, 0.25) is 5.91 Å². The Bertz CT molecular complexity index is 853. The van der Waals surface area contributed by atoms with Gasteiger partial charge in [-0.3, -0.25) is 9.59 Å². The molecule has 0 aromatic heterocycles. The molecule has 0 radical (unpaired) electrons. The zero-order chi connectivity index (χ0) is 20.6. The summed E-state index contributed by atoms with van der Waals surface area (Å²) in [4.78, 5) is 24.7. The first kappa shape index (κ1) is 20.5. The highest BCUT2D eigenvalue weighted by Crippen LogP contribution is 2.26. The number of carboxylic acids is 1. The number of hydrogen-bond acceptors (Lipinski definition) is 5. The quantitative estimate of drug-likeness (QED) is 0.618. The monoisotopic (exact) mass is 399 g/mol. The number of likely N-dealkylation sites (tertiary alicyclic amines) is 1. The third-order valence-corrected chi connectivity index (χ3v) is 4.59. The number of ether oxygens (including phenoxy) is 3. The van der Waals surface area contributed by atoms with Gasteiger partial charge in [0, 0.05) is 19.5 Å². The lowest BCUT2D eigenvalue weighted by Gasteiger charge is -2.17. The largest absolute Gasteiger partial charge is 0.490 e. The summed E-state index contributed by atoms with van der Waals surface area (Å²) < 4.78 is 17.0. The maximum atomic E-state index is 12.0. The Labute approximate surface area is 169 Å². The van der Waals surface area contributed by atoms with Crippen molar-refractivity contribution < 1.29 is 28.9 Å². The van der Waals surface area contributed by atoms with Crippen LogP contribution in [0.1, 0.15) is 18.9 Å². The Morgan fingerprint density at radius 1 is 1.07 bits per heavy atom. The van der Waals surface area contributed by atoms with Gasteiger partial charge in [0.25, 0.3) is 0 Å². The van der Waals surface area contributed by atoms with Crippen LogP contribution in [0.15, 0.2) is 48.5 Å². The second-order valence-corrected chi connectivity index (χ2v) is 6.74. The standard InChI is InChI=1S/C22H25NO6/c1-2-27-19-8-3-4-9-20(19)29-11-10-28-18-7-5-6-16(12-18)14-23-15-17(22(25)26)13-21(23)24/h3-9,12,17H,2,10-11,13-15H2,1H3,(H,25,26). The highest BCUT2D eigenvalue weighted by molar-refractivity contribution is 5.86. The van der Waals surface area contributed by atoms with E-state index in [1.54, 1.807) is 4.90 Å². The van der Waals surface area contributed by atoms with Crippen LogP contribution in [-0.4, -0.2) is 48.2 Å². The fourth-order valence-corrected chi connectivity index (χ4v) is 3.20. The minimum absolute atomic E-state index is 0.0616. The number of amides is 1. The van der Waals surface area contributed by atoms with Gasteiger partial charge in [0.15, 0.2) is 11.5 Å². The van der Waals surface area contributed by atoms with Gasteiger partial charge in [0.1, 0.15) is 19.0 Å². The Kier molecular flexibility index (Phi) is 6.94. The van der Waals surface area contributed by atoms with Gasteiger partial charge < -0.3 is 24.2 Å². The van der Waals surface area contributed by atoms with Gasteiger partial charge in [-0.25, -0.2) is 0 Å². The lowest BCUT2D eigenvalue weighted by atomic mass is 10.1. The molecule has 1 unspecified atom stereocenters. The second-order valence-electron chi connectivity index (χ2n) is 6.74. The first-order valence-corrected chi connectivity index (χ1v) is 9.63. The van der Waals surface area contributed by atoms with E-state index in [4.69, 9.17) is 19.3 Å². The molecule has 0 bridgehead atoms. The SMILES string of the molecule is CCOc1ccccc1OCCOc1cccc(CN2CC(C(=O)O)CC2=O)c1. The van der Waals surface area contributed by atoms with Crippen molar-refractivity contribution in [2.75, 3.05) is 26.4 Å². The molecule has 0 saturated carbocycles. The molecule has 2 aromatic rings. The molecule has 1 aliphatic heterocycles. The molecule has 1 saturated heterocycles. The van der Waals surface area contributed by atoms with Gasteiger partial charge in [-0.1, -0.05) is 24.3 Å². The van der Waals surface area contributed by atoms with Crippen molar-refractivity contribution in [2.45, 2.75) is 19.9 Å². The van der Waals surface area contributed by atoms with Crippen molar-refractivity contribution in [1.29, 1.82) is 0 Å². The number of para-hydroxylation sites is 2. The van der Waals surface area contributed by atoms with Crippen LogP contribution in [0.2, 0.25) is 0 Å². The summed E-state index contributed by atoms with van der Waals surface area (Å²) in [7, 11) is 0. The van der Waals surface area contributed by atoms with E-state index in [1.165, 1.54) is 0 Å². The predicted octanol–water partition coefficient (Wildman–Crippen LogP) is 2.98. The third-order valence-electron chi connectivity index (χ3n) is 4.59. The van der Waals surface area contributed by atoms with Crippen LogP contribution in [-0.2, 0) is 16.1 Å². The molecule has 0 spiro atoms. The van der Waals surface area contributed by atoms with Crippen molar-refractivity contribution in [1.82, 2.24) is 4.90 Å². The van der Waals surface area contributed by atoms with Crippen LogP contribution in [0, 0.1) is 5.92 Å². The molecule has 1 N–H and O–H groups in total. The minimum Gasteiger partial charge on any atom is -0.490 e. The normalized spacial score (nSPS) is 16.0. The summed E-state index contributed by atoms with van der Waals surface area (Å²) in [5.41, 5.74) is 0.893. The van der Waals surface area contributed by atoms with E-state index in [-0.39, 0.29) is 18.9 Å². The minimum atomic E-state index is -0.927. The summed E-state index contributed by atoms with van der Waals surface area (Å²) in [6, 6.07) is 14.9. The Morgan fingerprint density at radius 3 is 2.48 bits per heavy atom. The van der Waals surface area contributed by atoms with E-state index in [2.05, 4.69) is 0 Å². The highest BCUT2D eigenvalue weighted by Gasteiger charge is 2.34. The molecule has 1 heterocycles. The number of nitrogens with zero attached hydrogens (tertiary/aromatic N) is 1. The van der Waals surface area contributed by atoms with Crippen molar-refractivity contribution in [3.8, 4) is 17.2 Å². The highest BCUT2D eigenvalue weighted by atomic mass is 16.5. The number of carbonyl (C=O) groups excluding carboxylic acids is 1. The molecule has 2 aromatic carbocycles. The molecule has 154 valence electrons. The fraction of sp³-hybridized carbons (Fsp3) is 0.364. The third kappa shape index (κ3) is 5.63. The van der Waals surface area contributed by atoms with E-state index >= 15 is 0 Å². The summed E-state index contributed by atoms with van der Waals surface area (Å²) >= 11 is 0. The van der Waals surface area contributed by atoms with Crippen molar-refractivity contribution in [2.24, 2.45) is 5.92 Å². The molecular formula is C22H25NO6. The van der Waals surface area contributed by atoms with E-state index in [0.29, 0.717) is 43.6 Å². The topological polar surface area (TPSA) is 85.3 Å². The van der Waals surface area contributed by atoms with Crippen LogP contribution in [0.3, 0.4) is 0 Å². The van der Waals surface area contributed by atoms with Crippen LogP contribution in [0.4, 0.5) is 0 Å². The number of hydrogen-bond donors (Lipinski definition) is 1. The maximum Gasteiger partial charge on any atom is 0.308 e. The Morgan fingerprint density at radius 2 is 1.79 bits per heavy atom. The van der Waals surface area contributed by atoms with Crippen molar-refractivity contribution in [3.05, 3.63) is 54.1 Å². The number of benzene rings is 2. The van der Waals surface area contributed by atoms with Gasteiger partial charge >= 0.3 is 5.97 Å². The van der Waals surface area contributed by atoms with Crippen molar-refractivity contribution in [3.63, 3.8) is 0 Å². The van der Waals surface area contributed by atoms with E-state index in [9.17, 15) is 9.59 Å². The van der Waals surface area contributed by atoms with E-state index < -0.39 is 11.9 Å². The van der Waals surface area contributed by atoms with Crippen molar-refractivity contribution >= 4 is 11.9 Å². The molecule has 1 amide bonds. The number of aliphatic carboxylic acids is 1. The molecule has 29 heavy (non-hydrogen) atoms. The lowest BCUT2D eigenvalue weighted by Crippen LogP contribution is -2.25.